The molecule has 0 saturated carbocycles. The zero-order valence-electron chi connectivity index (χ0n) is 11.2. The van der Waals surface area contributed by atoms with Crippen LogP contribution in [0.1, 0.15) is 18.2 Å². The van der Waals surface area contributed by atoms with Crippen LogP contribution in [-0.2, 0) is 13.2 Å². The van der Waals surface area contributed by atoms with E-state index in [1.54, 1.807) is 6.07 Å². The third kappa shape index (κ3) is 4.47. The second kappa shape index (κ2) is 7.62. The highest BCUT2D eigenvalue weighted by molar-refractivity contribution is 9.10. The van der Waals surface area contributed by atoms with E-state index in [-0.39, 0.29) is 0 Å². The van der Waals surface area contributed by atoms with E-state index >= 15 is 0 Å². The molecule has 1 aromatic carbocycles. The van der Waals surface area contributed by atoms with Gasteiger partial charge in [-0.15, -0.1) is 0 Å². The van der Waals surface area contributed by atoms with Gasteiger partial charge in [0.05, 0.1) is 10.2 Å². The Morgan fingerprint density at radius 3 is 2.80 bits per heavy atom. The molecule has 1 N–H and O–H groups in total. The van der Waals surface area contributed by atoms with E-state index in [1.807, 2.05) is 24.4 Å². The van der Waals surface area contributed by atoms with Gasteiger partial charge in [0.2, 0.25) is 0 Å². The number of hydrogen-bond acceptors (Lipinski definition) is 3. The number of ether oxygens (including phenoxy) is 1. The average molecular weight is 356 g/mol. The second-order valence-electron chi connectivity index (χ2n) is 4.30. The largest absolute Gasteiger partial charge is 0.486 e. The predicted octanol–water partition coefficient (Wildman–Crippen LogP) is 4.19. The van der Waals surface area contributed by atoms with Gasteiger partial charge in [-0.2, -0.15) is 0 Å². The lowest BCUT2D eigenvalue weighted by atomic mass is 10.2. The minimum atomic E-state index is 0.432. The SMILES string of the molecule is CCNCc1ccc(COc2ccc(Cl)cc2Br)nc1. The summed E-state index contributed by atoms with van der Waals surface area (Å²) in [6, 6.07) is 9.49. The number of rotatable bonds is 6. The minimum absolute atomic E-state index is 0.432. The van der Waals surface area contributed by atoms with Crippen molar-refractivity contribution in [2.45, 2.75) is 20.1 Å². The molecule has 0 amide bonds. The first-order valence-corrected chi connectivity index (χ1v) is 7.58. The third-order valence-electron chi connectivity index (χ3n) is 2.73. The van der Waals surface area contributed by atoms with Gasteiger partial charge in [0.1, 0.15) is 12.4 Å². The Labute approximate surface area is 132 Å². The maximum atomic E-state index is 5.89. The summed E-state index contributed by atoms with van der Waals surface area (Å²) >= 11 is 9.31. The fraction of sp³-hybridized carbons (Fsp3) is 0.267. The van der Waals surface area contributed by atoms with E-state index in [0.717, 1.165) is 29.0 Å². The van der Waals surface area contributed by atoms with Crippen molar-refractivity contribution in [3.63, 3.8) is 0 Å². The van der Waals surface area contributed by atoms with Crippen LogP contribution < -0.4 is 10.1 Å². The molecule has 1 heterocycles. The maximum Gasteiger partial charge on any atom is 0.134 e. The first-order chi connectivity index (χ1) is 9.69. The summed E-state index contributed by atoms with van der Waals surface area (Å²) in [7, 11) is 0. The standard InChI is InChI=1S/C15H16BrClN2O/c1-2-18-8-11-3-5-13(19-9-11)10-20-15-6-4-12(17)7-14(15)16/h3-7,9,18H,2,8,10H2,1H3. The van der Waals surface area contributed by atoms with Gasteiger partial charge in [-0.1, -0.05) is 24.6 Å². The normalized spacial score (nSPS) is 10.6. The number of aromatic nitrogens is 1. The molecule has 2 rings (SSSR count). The molecule has 3 nitrogen and oxygen atoms in total. The van der Waals surface area contributed by atoms with Crippen LogP contribution >= 0.6 is 27.5 Å². The molecule has 0 aliphatic heterocycles. The lowest BCUT2D eigenvalue weighted by Gasteiger charge is -2.08. The van der Waals surface area contributed by atoms with Crippen molar-refractivity contribution in [1.29, 1.82) is 0 Å². The monoisotopic (exact) mass is 354 g/mol. The Balaban J connectivity index is 1.93. The summed E-state index contributed by atoms with van der Waals surface area (Å²) in [6.45, 7) is 4.31. The van der Waals surface area contributed by atoms with Crippen molar-refractivity contribution >= 4 is 27.5 Å². The van der Waals surface area contributed by atoms with Crippen LogP contribution in [0.5, 0.6) is 5.75 Å². The predicted molar refractivity (Wildman–Crippen MR) is 85.1 cm³/mol. The van der Waals surface area contributed by atoms with Gasteiger partial charge in [0.25, 0.3) is 0 Å². The van der Waals surface area contributed by atoms with Gasteiger partial charge in [-0.25, -0.2) is 0 Å². The molecule has 0 unspecified atom stereocenters. The van der Waals surface area contributed by atoms with Gasteiger partial charge in [0.15, 0.2) is 0 Å². The molecule has 0 bridgehead atoms. The highest BCUT2D eigenvalue weighted by Crippen LogP contribution is 2.28. The summed E-state index contributed by atoms with van der Waals surface area (Å²) in [5.74, 6) is 0.757. The van der Waals surface area contributed by atoms with Crippen LogP contribution in [0.4, 0.5) is 0 Å². The Morgan fingerprint density at radius 2 is 2.15 bits per heavy atom. The molecule has 1 aromatic heterocycles. The lowest BCUT2D eigenvalue weighted by Crippen LogP contribution is -2.12. The maximum absolute atomic E-state index is 5.89. The van der Waals surface area contributed by atoms with E-state index in [2.05, 4.69) is 39.2 Å². The smallest absolute Gasteiger partial charge is 0.134 e. The van der Waals surface area contributed by atoms with Crippen LogP contribution in [0.15, 0.2) is 41.0 Å². The van der Waals surface area contributed by atoms with Crippen molar-refractivity contribution in [2.75, 3.05) is 6.54 Å². The summed E-state index contributed by atoms with van der Waals surface area (Å²) in [5, 5.41) is 3.94. The molecule has 0 radical (unpaired) electrons. The summed E-state index contributed by atoms with van der Waals surface area (Å²) < 4.78 is 6.56. The number of nitrogens with zero attached hydrogens (tertiary/aromatic N) is 1. The van der Waals surface area contributed by atoms with E-state index in [1.165, 1.54) is 5.56 Å². The van der Waals surface area contributed by atoms with E-state index in [4.69, 9.17) is 16.3 Å². The number of hydrogen-bond donors (Lipinski definition) is 1. The van der Waals surface area contributed by atoms with Crippen molar-refractivity contribution < 1.29 is 4.74 Å². The van der Waals surface area contributed by atoms with Crippen LogP contribution in [-0.4, -0.2) is 11.5 Å². The highest BCUT2D eigenvalue weighted by atomic mass is 79.9. The Hall–Kier alpha value is -1.10. The van der Waals surface area contributed by atoms with Crippen molar-refractivity contribution in [1.82, 2.24) is 10.3 Å². The van der Waals surface area contributed by atoms with Gasteiger partial charge < -0.3 is 10.1 Å². The Morgan fingerprint density at radius 1 is 1.30 bits per heavy atom. The van der Waals surface area contributed by atoms with Gasteiger partial charge >= 0.3 is 0 Å². The number of pyridine rings is 1. The fourth-order valence-corrected chi connectivity index (χ4v) is 2.46. The molecular weight excluding hydrogens is 340 g/mol. The second-order valence-corrected chi connectivity index (χ2v) is 5.59. The zero-order valence-corrected chi connectivity index (χ0v) is 13.5. The topological polar surface area (TPSA) is 34.1 Å². The molecule has 0 aliphatic carbocycles. The quantitative estimate of drug-likeness (QED) is 0.844. The minimum Gasteiger partial charge on any atom is -0.486 e. The molecule has 20 heavy (non-hydrogen) atoms. The van der Waals surface area contributed by atoms with Crippen LogP contribution in [0.3, 0.4) is 0 Å². The van der Waals surface area contributed by atoms with Crippen LogP contribution in [0.2, 0.25) is 5.02 Å². The molecule has 0 fully saturated rings. The van der Waals surface area contributed by atoms with Gasteiger partial charge in [0, 0.05) is 17.8 Å². The van der Waals surface area contributed by atoms with Crippen molar-refractivity contribution in [3.05, 3.63) is 57.3 Å². The molecule has 2 aromatic rings. The van der Waals surface area contributed by atoms with Crippen LogP contribution in [0, 0.1) is 0 Å². The number of benzene rings is 1. The van der Waals surface area contributed by atoms with Gasteiger partial charge in [-0.3, -0.25) is 4.98 Å². The number of halogens is 2. The third-order valence-corrected chi connectivity index (χ3v) is 3.59. The fourth-order valence-electron chi connectivity index (χ4n) is 1.66. The molecule has 5 heteroatoms. The molecule has 0 atom stereocenters. The van der Waals surface area contributed by atoms with Crippen LogP contribution in [0.25, 0.3) is 0 Å². The Kier molecular flexibility index (Phi) is 5.83. The summed E-state index contributed by atoms with van der Waals surface area (Å²) in [5.41, 5.74) is 2.07. The lowest BCUT2D eigenvalue weighted by molar-refractivity contribution is 0.299. The van der Waals surface area contributed by atoms with E-state index in [9.17, 15) is 0 Å². The van der Waals surface area contributed by atoms with E-state index < -0.39 is 0 Å². The highest BCUT2D eigenvalue weighted by Gasteiger charge is 2.03. The summed E-state index contributed by atoms with van der Waals surface area (Å²) in [4.78, 5) is 4.39. The molecule has 0 aliphatic rings. The van der Waals surface area contributed by atoms with Crippen molar-refractivity contribution in [3.8, 4) is 5.75 Å². The molecule has 0 saturated heterocycles. The van der Waals surface area contributed by atoms with E-state index in [0.29, 0.717) is 11.6 Å². The van der Waals surface area contributed by atoms with Crippen molar-refractivity contribution in [2.24, 2.45) is 0 Å². The molecular formula is C15H16BrClN2O. The average Bonchev–Trinajstić information content (AvgIpc) is 2.45. The number of nitrogens with one attached hydrogen (secondary N) is 1. The Bertz CT molecular complexity index is 560. The molecule has 0 spiro atoms. The first kappa shape index (κ1) is 15.3. The molecule has 106 valence electrons. The summed E-state index contributed by atoms with van der Waals surface area (Å²) in [6.07, 6.45) is 1.87. The zero-order chi connectivity index (χ0) is 14.4. The van der Waals surface area contributed by atoms with Gasteiger partial charge in [-0.05, 0) is 52.3 Å². The first-order valence-electron chi connectivity index (χ1n) is 6.41.